The van der Waals surface area contributed by atoms with E-state index in [-0.39, 0.29) is 6.61 Å². The molecule has 92 valence electrons. The molecule has 3 N–H and O–H groups in total. The molecule has 0 atom stereocenters. The van der Waals surface area contributed by atoms with Gasteiger partial charge in [-0.05, 0) is 43.0 Å². The van der Waals surface area contributed by atoms with Crippen LogP contribution < -0.4 is 10.5 Å². The number of ether oxygens (including phenoxy) is 1. The maximum absolute atomic E-state index is 8.64. The summed E-state index contributed by atoms with van der Waals surface area (Å²) >= 11 is 0. The number of benzene rings is 1. The van der Waals surface area contributed by atoms with Gasteiger partial charge in [0.15, 0.2) is 0 Å². The van der Waals surface area contributed by atoms with Crippen molar-refractivity contribution in [2.45, 2.75) is 25.7 Å². The number of nitrogen functional groups attached to an aromatic ring is 1. The number of nitriles is 1. The number of aliphatic hydroxyl groups is 1. The number of nitrogens with zero attached hydrogens (tertiary/aromatic N) is 1. The third-order valence-corrected chi connectivity index (χ3v) is 2.46. The maximum atomic E-state index is 8.64. The van der Waals surface area contributed by atoms with Crippen molar-refractivity contribution in [1.82, 2.24) is 0 Å². The van der Waals surface area contributed by atoms with Gasteiger partial charge in [0.1, 0.15) is 5.75 Å². The molecule has 1 rings (SSSR count). The van der Waals surface area contributed by atoms with Crippen molar-refractivity contribution in [2.75, 3.05) is 18.9 Å². The normalized spacial score (nSPS) is 9.88. The van der Waals surface area contributed by atoms with E-state index >= 15 is 0 Å². The molecular formula is C13H18N2O2. The molecular weight excluding hydrogens is 216 g/mol. The number of rotatable bonds is 7. The summed E-state index contributed by atoms with van der Waals surface area (Å²) in [6.45, 7) is 0.851. The third kappa shape index (κ3) is 4.75. The van der Waals surface area contributed by atoms with E-state index in [4.69, 9.17) is 20.8 Å². The molecule has 0 aliphatic carbocycles. The third-order valence-electron chi connectivity index (χ3n) is 2.46. The smallest absolute Gasteiger partial charge is 0.119 e. The monoisotopic (exact) mass is 234 g/mol. The first-order valence-electron chi connectivity index (χ1n) is 5.77. The molecule has 0 bridgehead atoms. The number of hydrogen-bond donors (Lipinski definition) is 2. The van der Waals surface area contributed by atoms with E-state index in [1.807, 2.05) is 12.1 Å². The Hall–Kier alpha value is -1.73. The largest absolute Gasteiger partial charge is 0.494 e. The Morgan fingerprint density at radius 3 is 2.82 bits per heavy atom. The van der Waals surface area contributed by atoms with Crippen LogP contribution in [0.25, 0.3) is 0 Å². The Balaban J connectivity index is 2.43. The quantitative estimate of drug-likeness (QED) is 0.557. The van der Waals surface area contributed by atoms with Gasteiger partial charge in [0.25, 0.3) is 0 Å². The lowest BCUT2D eigenvalue weighted by Gasteiger charge is -2.08. The molecule has 0 amide bonds. The molecule has 17 heavy (non-hydrogen) atoms. The van der Waals surface area contributed by atoms with Gasteiger partial charge < -0.3 is 15.6 Å². The van der Waals surface area contributed by atoms with Gasteiger partial charge >= 0.3 is 0 Å². The SMILES string of the molecule is N#CCc1cc(OCCCCCO)ccc1N. The second kappa shape index (κ2) is 7.53. The molecule has 0 saturated heterocycles. The van der Waals surface area contributed by atoms with E-state index in [2.05, 4.69) is 6.07 Å². The summed E-state index contributed by atoms with van der Waals surface area (Å²) in [6.07, 6.45) is 2.98. The van der Waals surface area contributed by atoms with Crippen molar-refractivity contribution >= 4 is 5.69 Å². The molecule has 0 spiro atoms. The van der Waals surface area contributed by atoms with Gasteiger partial charge in [0, 0.05) is 12.3 Å². The highest BCUT2D eigenvalue weighted by molar-refractivity contribution is 5.51. The fourth-order valence-corrected chi connectivity index (χ4v) is 1.49. The lowest BCUT2D eigenvalue weighted by atomic mass is 10.1. The summed E-state index contributed by atoms with van der Waals surface area (Å²) in [4.78, 5) is 0. The molecule has 4 heteroatoms. The van der Waals surface area contributed by atoms with E-state index < -0.39 is 0 Å². The zero-order valence-corrected chi connectivity index (χ0v) is 9.85. The Morgan fingerprint density at radius 2 is 2.12 bits per heavy atom. The maximum Gasteiger partial charge on any atom is 0.119 e. The van der Waals surface area contributed by atoms with Gasteiger partial charge in [-0.2, -0.15) is 5.26 Å². The first-order valence-corrected chi connectivity index (χ1v) is 5.77. The molecule has 4 nitrogen and oxygen atoms in total. The summed E-state index contributed by atoms with van der Waals surface area (Å²) in [7, 11) is 0. The molecule has 0 fully saturated rings. The predicted octanol–water partition coefficient (Wildman–Crippen LogP) is 1.88. The highest BCUT2D eigenvalue weighted by Crippen LogP contribution is 2.20. The fraction of sp³-hybridized carbons (Fsp3) is 0.462. The number of aliphatic hydroxyl groups excluding tert-OH is 1. The van der Waals surface area contributed by atoms with E-state index in [1.165, 1.54) is 0 Å². The van der Waals surface area contributed by atoms with Crippen molar-refractivity contribution in [3.63, 3.8) is 0 Å². The molecule has 1 aromatic rings. The van der Waals surface area contributed by atoms with Crippen molar-refractivity contribution in [3.8, 4) is 11.8 Å². The van der Waals surface area contributed by atoms with Crippen molar-refractivity contribution in [1.29, 1.82) is 5.26 Å². The van der Waals surface area contributed by atoms with Crippen LogP contribution in [-0.2, 0) is 6.42 Å². The highest BCUT2D eigenvalue weighted by Gasteiger charge is 2.01. The van der Waals surface area contributed by atoms with Gasteiger partial charge in [-0.1, -0.05) is 0 Å². The first kappa shape index (κ1) is 13.3. The average Bonchev–Trinajstić information content (AvgIpc) is 2.33. The van der Waals surface area contributed by atoms with Crippen LogP contribution in [0.2, 0.25) is 0 Å². The van der Waals surface area contributed by atoms with E-state index in [1.54, 1.807) is 6.07 Å². The zero-order chi connectivity index (χ0) is 12.5. The molecule has 0 aliphatic heterocycles. The molecule has 0 radical (unpaired) electrons. The molecule has 0 aliphatic rings. The number of nitrogens with two attached hydrogens (primary N) is 1. The van der Waals surface area contributed by atoms with Crippen molar-refractivity contribution in [3.05, 3.63) is 23.8 Å². The molecule has 1 aromatic carbocycles. The van der Waals surface area contributed by atoms with Crippen molar-refractivity contribution < 1.29 is 9.84 Å². The second-order valence-electron chi connectivity index (χ2n) is 3.83. The van der Waals surface area contributed by atoms with E-state index in [9.17, 15) is 0 Å². The second-order valence-corrected chi connectivity index (χ2v) is 3.83. The van der Waals surface area contributed by atoms with Crippen LogP contribution in [0, 0.1) is 11.3 Å². The Kier molecular flexibility index (Phi) is 5.91. The van der Waals surface area contributed by atoms with Gasteiger partial charge in [0.05, 0.1) is 19.1 Å². The average molecular weight is 234 g/mol. The predicted molar refractivity (Wildman–Crippen MR) is 66.6 cm³/mol. The summed E-state index contributed by atoms with van der Waals surface area (Å²) < 4.78 is 5.55. The highest BCUT2D eigenvalue weighted by atomic mass is 16.5. The minimum atomic E-state index is 0.230. The molecule has 0 heterocycles. The Morgan fingerprint density at radius 1 is 1.29 bits per heavy atom. The number of unbranched alkanes of at least 4 members (excludes halogenated alkanes) is 2. The topological polar surface area (TPSA) is 79.3 Å². The molecule has 0 aromatic heterocycles. The van der Waals surface area contributed by atoms with Gasteiger partial charge in [-0.15, -0.1) is 0 Å². The van der Waals surface area contributed by atoms with E-state index in [0.29, 0.717) is 18.7 Å². The van der Waals surface area contributed by atoms with Gasteiger partial charge in [-0.25, -0.2) is 0 Å². The van der Waals surface area contributed by atoms with E-state index in [0.717, 1.165) is 30.6 Å². The van der Waals surface area contributed by atoms with Crippen LogP contribution in [0.1, 0.15) is 24.8 Å². The van der Waals surface area contributed by atoms with Crippen LogP contribution in [0.4, 0.5) is 5.69 Å². The molecule has 0 saturated carbocycles. The van der Waals surface area contributed by atoms with Crippen LogP contribution in [0.5, 0.6) is 5.75 Å². The van der Waals surface area contributed by atoms with Crippen LogP contribution in [0.15, 0.2) is 18.2 Å². The number of hydrogen-bond acceptors (Lipinski definition) is 4. The minimum absolute atomic E-state index is 0.230. The zero-order valence-electron chi connectivity index (χ0n) is 9.85. The summed E-state index contributed by atoms with van der Waals surface area (Å²) in [5.41, 5.74) is 7.17. The fourth-order valence-electron chi connectivity index (χ4n) is 1.49. The van der Waals surface area contributed by atoms with Crippen LogP contribution >= 0.6 is 0 Å². The Bertz CT molecular complexity index is 385. The van der Waals surface area contributed by atoms with Crippen LogP contribution in [-0.4, -0.2) is 18.3 Å². The lowest BCUT2D eigenvalue weighted by Crippen LogP contribution is -2.00. The number of anilines is 1. The lowest BCUT2D eigenvalue weighted by molar-refractivity contribution is 0.266. The standard InChI is InChI=1S/C13H18N2O2/c14-7-6-11-10-12(4-5-13(11)15)17-9-3-1-2-8-16/h4-5,10,16H,1-3,6,8-9,15H2. The summed E-state index contributed by atoms with van der Waals surface area (Å²) in [6, 6.07) is 7.45. The van der Waals surface area contributed by atoms with Crippen molar-refractivity contribution in [2.24, 2.45) is 0 Å². The van der Waals surface area contributed by atoms with Gasteiger partial charge in [0.2, 0.25) is 0 Å². The summed E-state index contributed by atoms with van der Waals surface area (Å²) in [5, 5.41) is 17.3. The minimum Gasteiger partial charge on any atom is -0.494 e. The molecule has 0 unspecified atom stereocenters. The van der Waals surface area contributed by atoms with Crippen LogP contribution in [0.3, 0.4) is 0 Å². The Labute approximate surface area is 102 Å². The van der Waals surface area contributed by atoms with Gasteiger partial charge in [-0.3, -0.25) is 0 Å². The summed E-state index contributed by atoms with van der Waals surface area (Å²) in [5.74, 6) is 0.744. The first-order chi connectivity index (χ1) is 8.27.